The Morgan fingerprint density at radius 1 is 0.889 bits per heavy atom. The molecule has 7 nitrogen and oxygen atoms in total. The van der Waals surface area contributed by atoms with E-state index in [1.54, 1.807) is 7.11 Å². The number of fused-ring (bicyclic) bond motifs is 2. The van der Waals surface area contributed by atoms with Crippen LogP contribution in [0.3, 0.4) is 0 Å². The molecule has 1 saturated carbocycles. The summed E-state index contributed by atoms with van der Waals surface area (Å²) in [6.45, 7) is 11.7. The summed E-state index contributed by atoms with van der Waals surface area (Å²) in [5.41, 5.74) is 5.22. The van der Waals surface area contributed by atoms with Gasteiger partial charge in [-0.3, -0.25) is 4.79 Å². The molecule has 1 saturated heterocycles. The summed E-state index contributed by atoms with van der Waals surface area (Å²) >= 11 is 0. The highest BCUT2D eigenvalue weighted by Gasteiger charge is 2.50. The Hall–Kier alpha value is -4.79. The number of furan rings is 1. The number of ether oxygens (including phenoxy) is 2. The molecule has 0 radical (unpaired) electrons. The zero-order valence-electron chi connectivity index (χ0n) is 32.2. The number of para-hydroxylation sites is 1. The summed E-state index contributed by atoms with van der Waals surface area (Å²) in [6, 6.07) is 34.6. The molecule has 3 heterocycles. The predicted octanol–water partition coefficient (Wildman–Crippen LogP) is 8.67. The second-order valence-corrected chi connectivity index (χ2v) is 20.5. The molecule has 280 valence electrons. The number of benzene rings is 4. The molecule has 1 aliphatic heterocycles. The van der Waals surface area contributed by atoms with Gasteiger partial charge in [0.15, 0.2) is 5.76 Å². The zero-order valence-corrected chi connectivity index (χ0v) is 33.2. The molecule has 2 fully saturated rings. The predicted molar refractivity (Wildman–Crippen MR) is 220 cm³/mol. The van der Waals surface area contributed by atoms with E-state index in [1.807, 2.05) is 0 Å². The molecule has 1 N–H and O–H groups in total. The van der Waals surface area contributed by atoms with Gasteiger partial charge in [0, 0.05) is 43.0 Å². The van der Waals surface area contributed by atoms with Crippen LogP contribution in [0.25, 0.3) is 33.3 Å². The van der Waals surface area contributed by atoms with Crippen molar-refractivity contribution >= 4 is 46.5 Å². The maximum absolute atomic E-state index is 11.9. The first-order valence-electron chi connectivity index (χ1n) is 19.6. The van der Waals surface area contributed by atoms with Crippen LogP contribution in [0.2, 0.25) is 5.04 Å². The minimum Gasteiger partial charge on any atom is -0.496 e. The van der Waals surface area contributed by atoms with Crippen molar-refractivity contribution in [1.82, 2.24) is 9.88 Å². The first-order chi connectivity index (χ1) is 26.2. The van der Waals surface area contributed by atoms with Gasteiger partial charge in [-0.05, 0) is 76.8 Å². The van der Waals surface area contributed by atoms with Crippen LogP contribution in [0.1, 0.15) is 58.1 Å². The van der Waals surface area contributed by atoms with Gasteiger partial charge in [-0.1, -0.05) is 100 Å². The van der Waals surface area contributed by atoms with Crippen molar-refractivity contribution < 1.29 is 23.1 Å². The Kier molecular flexibility index (Phi) is 9.92. The van der Waals surface area contributed by atoms with Crippen molar-refractivity contribution in [2.45, 2.75) is 71.4 Å². The van der Waals surface area contributed by atoms with E-state index in [4.69, 9.17) is 18.3 Å². The number of aryl methyl sites for hydroxylation is 1. The van der Waals surface area contributed by atoms with Crippen LogP contribution >= 0.6 is 0 Å². The number of hydrogen-bond donors (Lipinski definition) is 1. The summed E-state index contributed by atoms with van der Waals surface area (Å²) in [6.07, 6.45) is 4.45. The van der Waals surface area contributed by atoms with Gasteiger partial charge in [0.2, 0.25) is 5.91 Å². The van der Waals surface area contributed by atoms with E-state index in [1.165, 1.54) is 28.8 Å². The molecule has 4 aromatic carbocycles. The first kappa shape index (κ1) is 36.2. The number of nitrogens with zero attached hydrogens (tertiary/aromatic N) is 1. The maximum Gasteiger partial charge on any atom is 0.261 e. The number of amides is 1. The summed E-state index contributed by atoms with van der Waals surface area (Å²) in [7, 11) is -1.02. The average molecular weight is 741 g/mol. The number of nitrogens with one attached hydrogen (secondary N) is 1. The molecule has 1 atom stereocenters. The second kappa shape index (κ2) is 14.8. The molecule has 0 spiro atoms. The van der Waals surface area contributed by atoms with Gasteiger partial charge >= 0.3 is 0 Å². The Labute approximate surface area is 319 Å². The summed E-state index contributed by atoms with van der Waals surface area (Å²) in [5, 5.41) is 7.46. The largest absolute Gasteiger partial charge is 0.496 e. The third kappa shape index (κ3) is 6.75. The monoisotopic (exact) mass is 740 g/mol. The van der Waals surface area contributed by atoms with Gasteiger partial charge in [0.1, 0.15) is 17.1 Å². The molecular weight excluding hydrogens is 689 g/mol. The van der Waals surface area contributed by atoms with E-state index >= 15 is 0 Å². The fourth-order valence-corrected chi connectivity index (χ4v) is 13.1. The first-order valence-corrected chi connectivity index (χ1v) is 21.5. The normalized spacial score (nSPS) is 16.3. The molecule has 1 amide bonds. The Bertz CT molecular complexity index is 2230. The highest BCUT2D eigenvalue weighted by Crippen LogP contribution is 2.45. The lowest BCUT2D eigenvalue weighted by atomic mass is 10.0. The van der Waals surface area contributed by atoms with E-state index < -0.39 is 8.32 Å². The Balaban J connectivity index is 1.25. The van der Waals surface area contributed by atoms with Crippen molar-refractivity contribution in [1.29, 1.82) is 0 Å². The average Bonchev–Trinajstić information content (AvgIpc) is 3.61. The fraction of sp³-hybridized carbons (Fsp3) is 0.370. The van der Waals surface area contributed by atoms with Gasteiger partial charge in [-0.25, -0.2) is 0 Å². The van der Waals surface area contributed by atoms with Crippen LogP contribution in [0.15, 0.2) is 101 Å². The van der Waals surface area contributed by atoms with Crippen LogP contribution in [0.4, 0.5) is 0 Å². The van der Waals surface area contributed by atoms with Gasteiger partial charge in [0.05, 0.1) is 30.3 Å². The molecule has 8 rings (SSSR count). The van der Waals surface area contributed by atoms with Gasteiger partial charge in [-0.2, -0.15) is 0 Å². The number of rotatable bonds is 14. The quantitative estimate of drug-likeness (QED) is 0.113. The third-order valence-corrected chi connectivity index (χ3v) is 16.5. The van der Waals surface area contributed by atoms with Crippen molar-refractivity contribution in [3.8, 4) is 23.0 Å². The SMILES string of the molecule is CCc1cc(OC)c2c(CCO[Si](c3ccccc3)(c3ccccc3)C(C)(C)C)c(-c3cc4cccc(OCC5CNC(=O)C5)c4n3CC3CC3)oc2c1. The summed E-state index contributed by atoms with van der Waals surface area (Å²) < 4.78 is 29.6. The van der Waals surface area contributed by atoms with Crippen LogP contribution < -0.4 is 25.2 Å². The van der Waals surface area contributed by atoms with Crippen molar-refractivity contribution in [2.24, 2.45) is 11.8 Å². The van der Waals surface area contributed by atoms with Crippen molar-refractivity contribution in [3.63, 3.8) is 0 Å². The van der Waals surface area contributed by atoms with E-state index in [0.717, 1.165) is 63.4 Å². The summed E-state index contributed by atoms with van der Waals surface area (Å²) in [5.74, 6) is 3.40. The minimum atomic E-state index is -2.78. The van der Waals surface area contributed by atoms with Crippen LogP contribution in [-0.4, -0.2) is 45.7 Å². The fourth-order valence-electron chi connectivity index (χ4n) is 8.52. The van der Waals surface area contributed by atoms with Crippen molar-refractivity contribution in [2.75, 3.05) is 26.9 Å². The molecule has 2 aromatic heterocycles. The number of aromatic nitrogens is 1. The topological polar surface area (TPSA) is 74.9 Å². The van der Waals surface area contributed by atoms with E-state index in [2.05, 4.69) is 135 Å². The van der Waals surface area contributed by atoms with E-state index in [9.17, 15) is 4.79 Å². The standard InChI is InChI=1S/C46H52N2O5Si/c1-6-31-24-40(50-5)43-37(22-23-52-54(46(2,3)4,35-15-9-7-10-16-35)36-17-11-8-12-18-36)45(53-41(43)25-31)38-27-34-14-13-19-39(44(34)48(38)29-32-20-21-32)51-30-33-26-42(49)47-28-33/h7-19,24-25,27,32-33H,6,20-23,26,28-30H2,1-5H3,(H,47,49). The number of carbonyl (C=O) groups excluding carboxylic acids is 1. The lowest BCUT2D eigenvalue weighted by molar-refractivity contribution is -0.119. The minimum absolute atomic E-state index is 0.0965. The molecule has 2 aliphatic rings. The number of carbonyl (C=O) groups is 1. The molecule has 54 heavy (non-hydrogen) atoms. The lowest BCUT2D eigenvalue weighted by Gasteiger charge is -2.43. The third-order valence-electron chi connectivity index (χ3n) is 11.4. The van der Waals surface area contributed by atoms with Crippen LogP contribution in [0.5, 0.6) is 11.5 Å². The number of hydrogen-bond acceptors (Lipinski definition) is 5. The summed E-state index contributed by atoms with van der Waals surface area (Å²) in [4.78, 5) is 11.9. The van der Waals surface area contributed by atoms with E-state index in [-0.39, 0.29) is 16.9 Å². The molecule has 0 bridgehead atoms. The molecule has 1 unspecified atom stereocenters. The Morgan fingerprint density at radius 3 is 2.22 bits per heavy atom. The Morgan fingerprint density at radius 2 is 1.61 bits per heavy atom. The highest BCUT2D eigenvalue weighted by atomic mass is 28.4. The van der Waals surface area contributed by atoms with Gasteiger partial charge < -0.3 is 28.2 Å². The highest BCUT2D eigenvalue weighted by molar-refractivity contribution is 6.99. The second-order valence-electron chi connectivity index (χ2n) is 16.2. The smallest absolute Gasteiger partial charge is 0.261 e. The van der Waals surface area contributed by atoms with Gasteiger partial charge in [0.25, 0.3) is 8.32 Å². The number of methoxy groups -OCH3 is 1. The van der Waals surface area contributed by atoms with E-state index in [0.29, 0.717) is 38.5 Å². The van der Waals surface area contributed by atoms with Gasteiger partial charge in [-0.15, -0.1) is 0 Å². The molecule has 8 heteroatoms. The van der Waals surface area contributed by atoms with Crippen LogP contribution in [0, 0.1) is 11.8 Å². The molecular formula is C46H52N2O5Si. The molecule has 6 aromatic rings. The lowest BCUT2D eigenvalue weighted by Crippen LogP contribution is -2.66. The maximum atomic E-state index is 11.9. The van der Waals surface area contributed by atoms with Crippen molar-refractivity contribution in [3.05, 3.63) is 108 Å². The zero-order chi connectivity index (χ0) is 37.5. The molecule has 1 aliphatic carbocycles. The van der Waals surface area contributed by atoms with Crippen LogP contribution in [-0.2, 0) is 28.6 Å².